The van der Waals surface area contributed by atoms with Crippen molar-refractivity contribution in [1.82, 2.24) is 0 Å². The Hall–Kier alpha value is -3.80. The van der Waals surface area contributed by atoms with Gasteiger partial charge in [-0.05, 0) is 48.5 Å². The van der Waals surface area contributed by atoms with Crippen molar-refractivity contribution in [2.75, 3.05) is 11.9 Å². The number of nitrogens with one attached hydrogen (secondary N) is 1. The van der Waals surface area contributed by atoms with Gasteiger partial charge in [0.05, 0.1) is 0 Å². The normalized spacial score (nSPS) is 10.8. The lowest BCUT2D eigenvalue weighted by Gasteiger charge is -2.08. The Bertz CT molecular complexity index is 1150. The second-order valence-corrected chi connectivity index (χ2v) is 6.03. The van der Waals surface area contributed by atoms with Crippen molar-refractivity contribution < 1.29 is 18.7 Å². The first kappa shape index (κ1) is 16.7. The first-order chi connectivity index (χ1) is 13.1. The van der Waals surface area contributed by atoms with E-state index in [0.717, 1.165) is 21.9 Å². The zero-order valence-electron chi connectivity index (χ0n) is 14.3. The molecule has 1 aromatic heterocycles. The molecule has 4 aromatic rings. The average molecular weight is 360 g/mol. The van der Waals surface area contributed by atoms with Gasteiger partial charge in [-0.15, -0.1) is 0 Å². The molecule has 1 heterocycles. The number of carbonyl (C=O) groups excluding carboxylic acids is 2. The molecule has 0 aliphatic heterocycles. The predicted octanol–water partition coefficient (Wildman–Crippen LogP) is 3.70. The zero-order valence-corrected chi connectivity index (χ0v) is 14.3. The van der Waals surface area contributed by atoms with E-state index in [0.29, 0.717) is 17.0 Å². The lowest BCUT2D eigenvalue weighted by atomic mass is 10.1. The Kier molecular flexibility index (Phi) is 4.22. The van der Waals surface area contributed by atoms with Crippen LogP contribution < -0.4 is 15.8 Å². The van der Waals surface area contributed by atoms with Gasteiger partial charge < -0.3 is 20.2 Å². The maximum Gasteiger partial charge on any atom is 0.262 e. The summed E-state index contributed by atoms with van der Waals surface area (Å²) < 4.78 is 11.4. The van der Waals surface area contributed by atoms with Crippen LogP contribution in [-0.2, 0) is 4.79 Å². The smallest absolute Gasteiger partial charge is 0.262 e. The van der Waals surface area contributed by atoms with Crippen LogP contribution in [0, 0.1) is 0 Å². The van der Waals surface area contributed by atoms with E-state index < -0.39 is 5.91 Å². The van der Waals surface area contributed by atoms with Gasteiger partial charge in [0, 0.05) is 22.0 Å². The third-order valence-corrected chi connectivity index (χ3v) is 4.17. The Morgan fingerprint density at radius 1 is 0.926 bits per heavy atom. The van der Waals surface area contributed by atoms with Gasteiger partial charge in [0.2, 0.25) is 5.91 Å². The van der Waals surface area contributed by atoms with Crippen molar-refractivity contribution in [3.63, 3.8) is 0 Å². The second kappa shape index (κ2) is 6.84. The highest BCUT2D eigenvalue weighted by molar-refractivity contribution is 6.05. The molecule has 0 spiro atoms. The lowest BCUT2D eigenvalue weighted by molar-refractivity contribution is -0.118. The summed E-state index contributed by atoms with van der Waals surface area (Å²) in [5.74, 6) is -0.245. The largest absolute Gasteiger partial charge is 0.484 e. The van der Waals surface area contributed by atoms with Crippen molar-refractivity contribution in [3.8, 4) is 5.75 Å². The summed E-state index contributed by atoms with van der Waals surface area (Å²) in [6, 6.07) is 19.5. The monoisotopic (exact) mass is 360 g/mol. The van der Waals surface area contributed by atoms with Gasteiger partial charge in [0.1, 0.15) is 16.9 Å². The lowest BCUT2D eigenvalue weighted by Crippen LogP contribution is -2.20. The molecule has 6 nitrogen and oxygen atoms in total. The predicted molar refractivity (Wildman–Crippen MR) is 103 cm³/mol. The fourth-order valence-electron chi connectivity index (χ4n) is 2.86. The van der Waals surface area contributed by atoms with E-state index in [9.17, 15) is 9.59 Å². The minimum Gasteiger partial charge on any atom is -0.484 e. The topological polar surface area (TPSA) is 94.6 Å². The van der Waals surface area contributed by atoms with Crippen molar-refractivity contribution in [1.29, 1.82) is 0 Å². The molecular weight excluding hydrogens is 344 g/mol. The summed E-state index contributed by atoms with van der Waals surface area (Å²) in [4.78, 5) is 23.1. The molecule has 0 bridgehead atoms. The minimum absolute atomic E-state index is 0.140. The van der Waals surface area contributed by atoms with Gasteiger partial charge in [-0.25, -0.2) is 0 Å². The molecule has 0 radical (unpaired) electrons. The Balaban J connectivity index is 1.44. The molecule has 27 heavy (non-hydrogen) atoms. The summed E-state index contributed by atoms with van der Waals surface area (Å²) >= 11 is 0. The fourth-order valence-corrected chi connectivity index (χ4v) is 2.86. The van der Waals surface area contributed by atoms with Gasteiger partial charge in [0.15, 0.2) is 6.61 Å². The number of hydrogen-bond acceptors (Lipinski definition) is 4. The van der Waals surface area contributed by atoms with Gasteiger partial charge in [-0.3, -0.25) is 9.59 Å². The van der Waals surface area contributed by atoms with E-state index in [-0.39, 0.29) is 12.5 Å². The molecule has 0 atom stereocenters. The number of benzene rings is 3. The highest BCUT2D eigenvalue weighted by Gasteiger charge is 2.09. The summed E-state index contributed by atoms with van der Waals surface area (Å²) in [6.45, 7) is -0.140. The molecule has 3 aromatic carbocycles. The highest BCUT2D eigenvalue weighted by atomic mass is 16.5. The van der Waals surface area contributed by atoms with Crippen LogP contribution in [0.2, 0.25) is 0 Å². The standard InChI is InChI=1S/C21H16N2O4/c22-21(25)13-5-7-14(8-6-13)23-20(24)12-26-15-9-10-19-17(11-15)16-3-1-2-4-18(16)27-19/h1-11H,12H2,(H2,22,25)(H,23,24). The third kappa shape index (κ3) is 3.46. The number of fused-ring (bicyclic) bond motifs is 3. The summed E-state index contributed by atoms with van der Waals surface area (Å²) in [5, 5.41) is 4.64. The number of nitrogens with two attached hydrogens (primary N) is 1. The SMILES string of the molecule is NC(=O)c1ccc(NC(=O)COc2ccc3oc4ccccc4c3c2)cc1. The zero-order chi connectivity index (χ0) is 18.8. The van der Waals surface area contributed by atoms with E-state index in [1.165, 1.54) is 0 Å². The van der Waals surface area contributed by atoms with Crippen LogP contribution >= 0.6 is 0 Å². The molecule has 134 valence electrons. The molecule has 0 aliphatic carbocycles. The van der Waals surface area contributed by atoms with Crippen LogP contribution in [0.1, 0.15) is 10.4 Å². The number of ether oxygens (including phenoxy) is 1. The molecule has 0 fully saturated rings. The number of anilines is 1. The first-order valence-corrected chi connectivity index (χ1v) is 8.34. The highest BCUT2D eigenvalue weighted by Crippen LogP contribution is 2.31. The second-order valence-electron chi connectivity index (χ2n) is 6.03. The van der Waals surface area contributed by atoms with Crippen LogP contribution in [0.25, 0.3) is 21.9 Å². The van der Waals surface area contributed by atoms with E-state index in [1.54, 1.807) is 30.3 Å². The van der Waals surface area contributed by atoms with Gasteiger partial charge >= 0.3 is 0 Å². The Labute approximate surface area is 154 Å². The number of primary amides is 1. The summed E-state index contributed by atoms with van der Waals surface area (Å²) in [5.41, 5.74) is 7.70. The van der Waals surface area contributed by atoms with Gasteiger partial charge in [-0.1, -0.05) is 18.2 Å². The maximum atomic E-state index is 12.1. The van der Waals surface area contributed by atoms with Crippen LogP contribution in [0.4, 0.5) is 5.69 Å². The summed E-state index contributed by atoms with van der Waals surface area (Å²) in [6.07, 6.45) is 0. The van der Waals surface area contributed by atoms with Crippen molar-refractivity contribution in [2.24, 2.45) is 5.73 Å². The molecule has 0 aliphatic rings. The van der Waals surface area contributed by atoms with Crippen molar-refractivity contribution in [3.05, 3.63) is 72.3 Å². The quantitative estimate of drug-likeness (QED) is 0.567. The number of rotatable bonds is 5. The number of amides is 2. The van der Waals surface area contributed by atoms with Crippen LogP contribution in [-0.4, -0.2) is 18.4 Å². The van der Waals surface area contributed by atoms with Crippen molar-refractivity contribution >= 4 is 39.4 Å². The fraction of sp³-hybridized carbons (Fsp3) is 0.0476. The van der Waals surface area contributed by atoms with E-state index in [2.05, 4.69) is 5.32 Å². The van der Waals surface area contributed by atoms with E-state index in [4.69, 9.17) is 14.9 Å². The van der Waals surface area contributed by atoms with Gasteiger partial charge in [0.25, 0.3) is 5.91 Å². The average Bonchev–Trinajstić information content (AvgIpc) is 3.05. The third-order valence-electron chi connectivity index (χ3n) is 4.17. The molecule has 2 amide bonds. The van der Waals surface area contributed by atoms with Crippen LogP contribution in [0.15, 0.2) is 71.1 Å². The number of para-hydroxylation sites is 1. The Morgan fingerprint density at radius 3 is 2.44 bits per heavy atom. The Morgan fingerprint density at radius 2 is 1.67 bits per heavy atom. The first-order valence-electron chi connectivity index (χ1n) is 8.34. The number of hydrogen-bond donors (Lipinski definition) is 2. The van der Waals surface area contributed by atoms with E-state index in [1.807, 2.05) is 36.4 Å². The number of carbonyl (C=O) groups is 2. The van der Waals surface area contributed by atoms with Crippen LogP contribution in [0.3, 0.4) is 0 Å². The van der Waals surface area contributed by atoms with E-state index >= 15 is 0 Å². The van der Waals surface area contributed by atoms with Crippen molar-refractivity contribution in [2.45, 2.75) is 0 Å². The molecule has 0 unspecified atom stereocenters. The molecule has 0 saturated heterocycles. The molecule has 4 rings (SSSR count). The maximum absolute atomic E-state index is 12.1. The molecule has 6 heteroatoms. The molecule has 0 saturated carbocycles. The summed E-state index contributed by atoms with van der Waals surface area (Å²) in [7, 11) is 0. The minimum atomic E-state index is -0.515. The molecular formula is C21H16N2O4. The van der Waals surface area contributed by atoms with Gasteiger partial charge in [-0.2, -0.15) is 0 Å². The van der Waals surface area contributed by atoms with Crippen LogP contribution in [0.5, 0.6) is 5.75 Å². The molecule has 3 N–H and O–H groups in total. The number of furan rings is 1.